The van der Waals surface area contributed by atoms with Crippen molar-refractivity contribution in [2.24, 2.45) is 5.92 Å². The number of nitrogens with zero attached hydrogens (tertiary/aromatic N) is 3. The van der Waals surface area contributed by atoms with Crippen LogP contribution in [-0.2, 0) is 11.3 Å². The molecular formula is C25H35N3O. The monoisotopic (exact) mass is 393 g/mol. The molecule has 4 aliphatic rings. The molecule has 29 heavy (non-hydrogen) atoms. The number of hydrogen-bond donors (Lipinski definition) is 0. The van der Waals surface area contributed by atoms with Crippen LogP contribution in [0.4, 0.5) is 0 Å². The Hall–Kier alpha value is -1.41. The fourth-order valence-electron chi connectivity index (χ4n) is 6.03. The summed E-state index contributed by atoms with van der Waals surface area (Å²) in [5, 5.41) is 9.36. The van der Waals surface area contributed by atoms with Crippen LogP contribution in [0.15, 0.2) is 24.3 Å². The van der Waals surface area contributed by atoms with Crippen molar-refractivity contribution >= 4 is 0 Å². The molecule has 1 spiro atoms. The zero-order valence-corrected chi connectivity index (χ0v) is 17.7. The minimum absolute atomic E-state index is 0.355. The van der Waals surface area contributed by atoms with E-state index in [0.717, 1.165) is 50.3 Å². The average Bonchev–Trinajstić information content (AvgIpc) is 3.59. The second-order valence-corrected chi connectivity index (χ2v) is 9.86. The zero-order valence-electron chi connectivity index (χ0n) is 17.7. The molecule has 0 amide bonds. The molecular weight excluding hydrogens is 358 g/mol. The van der Waals surface area contributed by atoms with E-state index in [1.807, 2.05) is 12.1 Å². The quantitative estimate of drug-likeness (QED) is 0.721. The van der Waals surface area contributed by atoms with E-state index in [2.05, 4.69) is 28.0 Å². The smallest absolute Gasteiger partial charge is 0.0995 e. The molecule has 156 valence electrons. The van der Waals surface area contributed by atoms with Gasteiger partial charge in [0.1, 0.15) is 0 Å². The van der Waals surface area contributed by atoms with Gasteiger partial charge in [0.15, 0.2) is 0 Å². The maximum Gasteiger partial charge on any atom is 0.0995 e. The molecule has 4 nitrogen and oxygen atoms in total. The Labute approximate surface area is 175 Å². The van der Waals surface area contributed by atoms with Crippen LogP contribution in [0.3, 0.4) is 0 Å². The molecule has 1 unspecified atom stereocenters. The number of ether oxygens (including phenoxy) is 1. The Kier molecular flexibility index (Phi) is 5.65. The maximum absolute atomic E-state index is 9.36. The fraction of sp³-hybridized carbons (Fsp3) is 0.720. The van der Waals surface area contributed by atoms with Gasteiger partial charge < -0.3 is 4.74 Å². The normalized spacial score (nSPS) is 28.2. The predicted octanol–water partition coefficient (Wildman–Crippen LogP) is 4.34. The number of hydrogen-bond acceptors (Lipinski definition) is 4. The summed E-state index contributed by atoms with van der Waals surface area (Å²) < 4.78 is 6.46. The second kappa shape index (κ2) is 8.38. The van der Waals surface area contributed by atoms with Crippen LogP contribution < -0.4 is 0 Å². The van der Waals surface area contributed by atoms with E-state index in [1.165, 1.54) is 63.4 Å². The van der Waals surface area contributed by atoms with Gasteiger partial charge in [0.25, 0.3) is 0 Å². The van der Waals surface area contributed by atoms with Crippen molar-refractivity contribution in [3.8, 4) is 6.07 Å². The molecule has 1 aromatic rings. The zero-order chi connectivity index (χ0) is 19.7. The van der Waals surface area contributed by atoms with Gasteiger partial charge in [-0.05, 0) is 69.2 Å². The first-order valence-corrected chi connectivity index (χ1v) is 11.9. The van der Waals surface area contributed by atoms with E-state index in [4.69, 9.17) is 4.74 Å². The van der Waals surface area contributed by atoms with E-state index >= 15 is 0 Å². The Morgan fingerprint density at radius 2 is 1.79 bits per heavy atom. The van der Waals surface area contributed by atoms with Crippen molar-refractivity contribution < 1.29 is 4.74 Å². The molecule has 0 N–H and O–H groups in total. The van der Waals surface area contributed by atoms with Gasteiger partial charge in [-0.3, -0.25) is 9.80 Å². The van der Waals surface area contributed by atoms with Gasteiger partial charge in [0, 0.05) is 31.3 Å². The first kappa shape index (κ1) is 19.5. The molecule has 5 rings (SSSR count). The Bertz CT molecular complexity index is 739. The van der Waals surface area contributed by atoms with Gasteiger partial charge in [-0.1, -0.05) is 37.5 Å². The fourth-order valence-corrected chi connectivity index (χ4v) is 6.03. The lowest BCUT2D eigenvalue weighted by Gasteiger charge is -2.63. The topological polar surface area (TPSA) is 39.5 Å². The summed E-state index contributed by atoms with van der Waals surface area (Å²) >= 11 is 0. The van der Waals surface area contributed by atoms with Crippen molar-refractivity contribution in [3.63, 3.8) is 0 Å². The largest absolute Gasteiger partial charge is 0.375 e. The number of rotatable bonds is 6. The second-order valence-electron chi connectivity index (χ2n) is 9.86. The van der Waals surface area contributed by atoms with E-state index in [1.54, 1.807) is 0 Å². The van der Waals surface area contributed by atoms with E-state index in [9.17, 15) is 5.26 Å². The van der Waals surface area contributed by atoms with Gasteiger partial charge in [0.05, 0.1) is 17.7 Å². The van der Waals surface area contributed by atoms with Crippen molar-refractivity contribution in [2.45, 2.75) is 82.0 Å². The summed E-state index contributed by atoms with van der Waals surface area (Å²) in [6, 6.07) is 11.1. The van der Waals surface area contributed by atoms with Gasteiger partial charge >= 0.3 is 0 Å². The SMILES string of the molecule is N#Cc1ccccc1CN1CCC(N2CC(OCC3CC3)C23CCCCC3)CC1. The number of piperidine rings is 1. The van der Waals surface area contributed by atoms with Crippen molar-refractivity contribution in [1.82, 2.24) is 9.80 Å². The Morgan fingerprint density at radius 3 is 2.52 bits per heavy atom. The van der Waals surface area contributed by atoms with Gasteiger partial charge in [-0.2, -0.15) is 5.26 Å². The summed E-state index contributed by atoms with van der Waals surface area (Å²) in [6.45, 7) is 5.37. The highest BCUT2D eigenvalue weighted by Gasteiger charge is 2.56. The third-order valence-corrected chi connectivity index (χ3v) is 8.01. The Balaban J connectivity index is 1.18. The summed E-state index contributed by atoms with van der Waals surface area (Å²) in [6.07, 6.45) is 12.6. The molecule has 2 heterocycles. The third kappa shape index (κ3) is 3.98. The highest BCUT2D eigenvalue weighted by atomic mass is 16.5. The minimum atomic E-state index is 0.355. The molecule has 2 saturated heterocycles. The molecule has 4 fully saturated rings. The Morgan fingerprint density at radius 1 is 1.03 bits per heavy atom. The molecule has 4 heteroatoms. The number of benzene rings is 1. The van der Waals surface area contributed by atoms with E-state index < -0.39 is 0 Å². The molecule has 2 aliphatic carbocycles. The molecule has 0 bridgehead atoms. The summed E-state index contributed by atoms with van der Waals surface area (Å²) in [7, 11) is 0. The van der Waals surface area contributed by atoms with Crippen LogP contribution in [0.1, 0.15) is 68.9 Å². The summed E-state index contributed by atoms with van der Waals surface area (Å²) in [5.41, 5.74) is 2.36. The lowest BCUT2D eigenvalue weighted by molar-refractivity contribution is -0.203. The van der Waals surface area contributed by atoms with Crippen LogP contribution >= 0.6 is 0 Å². The van der Waals surface area contributed by atoms with Crippen LogP contribution in [0.25, 0.3) is 0 Å². The summed E-state index contributed by atoms with van der Waals surface area (Å²) in [4.78, 5) is 5.41. The molecule has 1 aromatic carbocycles. The maximum atomic E-state index is 9.36. The summed E-state index contributed by atoms with van der Waals surface area (Å²) in [5.74, 6) is 0.865. The predicted molar refractivity (Wildman–Crippen MR) is 114 cm³/mol. The highest BCUT2D eigenvalue weighted by Crippen LogP contribution is 2.48. The van der Waals surface area contributed by atoms with E-state index in [-0.39, 0.29) is 0 Å². The number of nitriles is 1. The number of likely N-dealkylation sites (tertiary alicyclic amines) is 2. The minimum Gasteiger partial charge on any atom is -0.375 e. The third-order valence-electron chi connectivity index (χ3n) is 8.01. The molecule has 2 aliphatic heterocycles. The molecule has 0 radical (unpaired) electrons. The average molecular weight is 394 g/mol. The van der Waals surface area contributed by atoms with Crippen molar-refractivity contribution in [2.75, 3.05) is 26.2 Å². The van der Waals surface area contributed by atoms with Crippen LogP contribution in [0.2, 0.25) is 0 Å². The van der Waals surface area contributed by atoms with E-state index in [0.29, 0.717) is 11.6 Å². The first-order chi connectivity index (χ1) is 14.3. The molecule has 2 saturated carbocycles. The van der Waals surface area contributed by atoms with Crippen molar-refractivity contribution in [1.29, 1.82) is 5.26 Å². The molecule has 1 atom stereocenters. The van der Waals surface area contributed by atoms with Crippen LogP contribution in [-0.4, -0.2) is 53.7 Å². The van der Waals surface area contributed by atoms with Gasteiger partial charge in [0.2, 0.25) is 0 Å². The van der Waals surface area contributed by atoms with Gasteiger partial charge in [-0.15, -0.1) is 0 Å². The van der Waals surface area contributed by atoms with Crippen molar-refractivity contribution in [3.05, 3.63) is 35.4 Å². The standard InChI is InChI=1S/C25H35N3O/c26-16-21-6-2-3-7-22(21)17-27-14-10-23(11-15-27)28-18-24(29-19-20-8-9-20)25(28)12-4-1-5-13-25/h2-3,6-7,20,23-24H,1,4-5,8-15,17-19H2. The lowest BCUT2D eigenvalue weighted by Crippen LogP contribution is -2.75. The first-order valence-electron chi connectivity index (χ1n) is 11.9. The molecule has 0 aromatic heterocycles. The van der Waals surface area contributed by atoms with Crippen LogP contribution in [0, 0.1) is 17.2 Å². The lowest BCUT2D eigenvalue weighted by atomic mass is 9.69. The van der Waals surface area contributed by atoms with Gasteiger partial charge in [-0.25, -0.2) is 0 Å². The highest BCUT2D eigenvalue weighted by molar-refractivity contribution is 5.37. The van der Waals surface area contributed by atoms with Crippen LogP contribution in [0.5, 0.6) is 0 Å².